The van der Waals surface area contributed by atoms with Gasteiger partial charge in [0, 0.05) is 25.2 Å². The molecule has 0 aliphatic carbocycles. The first-order valence-corrected chi connectivity index (χ1v) is 10.0. The standard InChI is InChI=1S/C23H25N3O4/c1-3-29-19-11-9-18(10-12-19)25(15-6-14-24)22(27)13-16-26-20-7-4-5-8-21(20)30-17(2)23(26)28/h4-5,7-12,17H,3,6,13,15-16H2,1-2H3. The van der Waals surface area contributed by atoms with Crippen molar-refractivity contribution in [1.29, 1.82) is 5.26 Å². The van der Waals surface area contributed by atoms with Gasteiger partial charge in [-0.2, -0.15) is 5.26 Å². The van der Waals surface area contributed by atoms with Crippen LogP contribution in [0.3, 0.4) is 0 Å². The second-order valence-corrected chi connectivity index (χ2v) is 6.85. The van der Waals surface area contributed by atoms with Crippen LogP contribution in [0.25, 0.3) is 0 Å². The first-order chi connectivity index (χ1) is 14.5. The highest BCUT2D eigenvalue weighted by Gasteiger charge is 2.31. The molecule has 1 aliphatic rings. The van der Waals surface area contributed by atoms with Crippen LogP contribution in [0.5, 0.6) is 11.5 Å². The van der Waals surface area contributed by atoms with Crippen molar-refractivity contribution in [3.05, 3.63) is 48.5 Å². The number of rotatable bonds is 8. The van der Waals surface area contributed by atoms with Crippen LogP contribution in [0.1, 0.15) is 26.7 Å². The molecular weight excluding hydrogens is 382 g/mol. The summed E-state index contributed by atoms with van der Waals surface area (Å²) in [6.07, 6.45) is -0.253. The molecule has 0 saturated carbocycles. The average Bonchev–Trinajstić information content (AvgIpc) is 2.75. The minimum atomic E-state index is -0.601. The van der Waals surface area contributed by atoms with E-state index in [1.165, 1.54) is 0 Å². The van der Waals surface area contributed by atoms with Gasteiger partial charge in [0.05, 0.1) is 24.8 Å². The number of benzene rings is 2. The van der Waals surface area contributed by atoms with Gasteiger partial charge in [0.2, 0.25) is 5.91 Å². The number of amides is 2. The molecule has 1 unspecified atom stereocenters. The van der Waals surface area contributed by atoms with Crippen molar-refractivity contribution in [3.8, 4) is 17.6 Å². The maximum Gasteiger partial charge on any atom is 0.267 e. The molecule has 0 bridgehead atoms. The van der Waals surface area contributed by atoms with Crippen LogP contribution in [0.2, 0.25) is 0 Å². The van der Waals surface area contributed by atoms with Crippen molar-refractivity contribution in [3.63, 3.8) is 0 Å². The van der Waals surface area contributed by atoms with E-state index in [2.05, 4.69) is 6.07 Å². The fraction of sp³-hybridized carbons (Fsp3) is 0.348. The van der Waals surface area contributed by atoms with E-state index >= 15 is 0 Å². The van der Waals surface area contributed by atoms with E-state index in [1.807, 2.05) is 31.2 Å². The molecule has 1 heterocycles. The van der Waals surface area contributed by atoms with Gasteiger partial charge in [0.25, 0.3) is 5.91 Å². The number of anilines is 2. The Morgan fingerprint density at radius 1 is 1.23 bits per heavy atom. The Morgan fingerprint density at radius 2 is 1.97 bits per heavy atom. The fourth-order valence-corrected chi connectivity index (χ4v) is 3.38. The zero-order chi connectivity index (χ0) is 21.5. The highest BCUT2D eigenvalue weighted by Crippen LogP contribution is 2.33. The summed E-state index contributed by atoms with van der Waals surface area (Å²) in [5, 5.41) is 8.99. The first kappa shape index (κ1) is 21.2. The summed E-state index contributed by atoms with van der Waals surface area (Å²) < 4.78 is 11.1. The number of ether oxygens (including phenoxy) is 2. The molecule has 7 nitrogen and oxygen atoms in total. The van der Waals surface area contributed by atoms with Gasteiger partial charge < -0.3 is 19.3 Å². The lowest BCUT2D eigenvalue weighted by Gasteiger charge is -2.33. The van der Waals surface area contributed by atoms with Crippen molar-refractivity contribution >= 4 is 23.2 Å². The van der Waals surface area contributed by atoms with Crippen LogP contribution in [0.4, 0.5) is 11.4 Å². The molecule has 3 rings (SSSR count). The van der Waals surface area contributed by atoms with Gasteiger partial charge in [0.15, 0.2) is 6.10 Å². The number of hydrogen-bond acceptors (Lipinski definition) is 5. The summed E-state index contributed by atoms with van der Waals surface area (Å²) in [6.45, 7) is 4.69. The summed E-state index contributed by atoms with van der Waals surface area (Å²) >= 11 is 0. The Morgan fingerprint density at radius 3 is 2.67 bits per heavy atom. The lowest BCUT2D eigenvalue weighted by Crippen LogP contribution is -2.46. The number of nitrogens with zero attached hydrogens (tertiary/aromatic N) is 3. The summed E-state index contributed by atoms with van der Waals surface area (Å²) in [4.78, 5) is 28.8. The maximum absolute atomic E-state index is 13.0. The zero-order valence-electron chi connectivity index (χ0n) is 17.2. The molecule has 2 aromatic rings. The number of carbonyl (C=O) groups is 2. The second kappa shape index (κ2) is 9.79. The van der Waals surface area contributed by atoms with Crippen LogP contribution in [0.15, 0.2) is 48.5 Å². The Kier molecular flexibility index (Phi) is 6.91. The normalized spacial score (nSPS) is 15.0. The molecule has 0 N–H and O–H groups in total. The lowest BCUT2D eigenvalue weighted by atomic mass is 10.1. The smallest absolute Gasteiger partial charge is 0.267 e. The number of carbonyl (C=O) groups excluding carboxylic acids is 2. The third-order valence-corrected chi connectivity index (χ3v) is 4.83. The van der Waals surface area contributed by atoms with Crippen molar-refractivity contribution < 1.29 is 19.1 Å². The Bertz CT molecular complexity index is 936. The average molecular weight is 407 g/mol. The van der Waals surface area contributed by atoms with Crippen LogP contribution in [-0.4, -0.2) is 37.6 Å². The Balaban J connectivity index is 1.74. The predicted octanol–water partition coefficient (Wildman–Crippen LogP) is 3.54. The van der Waals surface area contributed by atoms with Crippen LogP contribution in [0, 0.1) is 11.3 Å². The third kappa shape index (κ3) is 4.71. The summed E-state index contributed by atoms with van der Waals surface area (Å²) in [7, 11) is 0. The fourth-order valence-electron chi connectivity index (χ4n) is 3.38. The van der Waals surface area contributed by atoms with Crippen molar-refractivity contribution in [2.24, 2.45) is 0 Å². The zero-order valence-corrected chi connectivity index (χ0v) is 17.2. The van der Waals surface area contributed by atoms with E-state index in [1.54, 1.807) is 41.0 Å². The van der Waals surface area contributed by atoms with Crippen LogP contribution in [-0.2, 0) is 9.59 Å². The van der Waals surface area contributed by atoms with Crippen LogP contribution >= 0.6 is 0 Å². The second-order valence-electron chi connectivity index (χ2n) is 6.85. The minimum Gasteiger partial charge on any atom is -0.494 e. The van der Waals surface area contributed by atoms with Gasteiger partial charge in [-0.15, -0.1) is 0 Å². The van der Waals surface area contributed by atoms with Gasteiger partial charge >= 0.3 is 0 Å². The molecule has 0 saturated heterocycles. The largest absolute Gasteiger partial charge is 0.494 e. The molecule has 0 spiro atoms. The van der Waals surface area contributed by atoms with Gasteiger partial charge in [-0.05, 0) is 50.2 Å². The van der Waals surface area contributed by atoms with E-state index in [0.29, 0.717) is 23.7 Å². The molecule has 2 amide bonds. The minimum absolute atomic E-state index is 0.130. The first-order valence-electron chi connectivity index (χ1n) is 10.0. The molecular formula is C23H25N3O4. The highest BCUT2D eigenvalue weighted by atomic mass is 16.5. The molecule has 0 aromatic heterocycles. The van der Waals surface area contributed by atoms with Gasteiger partial charge in [-0.1, -0.05) is 12.1 Å². The number of fused-ring (bicyclic) bond motifs is 1. The molecule has 30 heavy (non-hydrogen) atoms. The Labute approximate surface area is 176 Å². The monoisotopic (exact) mass is 407 g/mol. The van der Waals surface area contributed by atoms with Crippen LogP contribution < -0.4 is 19.3 Å². The van der Waals surface area contributed by atoms with E-state index in [0.717, 1.165) is 5.75 Å². The number of hydrogen-bond donors (Lipinski definition) is 0. The Hall–Kier alpha value is -3.53. The van der Waals surface area contributed by atoms with E-state index in [4.69, 9.17) is 14.7 Å². The quantitative estimate of drug-likeness (QED) is 0.668. The van der Waals surface area contributed by atoms with Gasteiger partial charge in [-0.25, -0.2) is 0 Å². The molecule has 7 heteroatoms. The highest BCUT2D eigenvalue weighted by molar-refractivity contribution is 6.01. The van der Waals surface area contributed by atoms with E-state index in [9.17, 15) is 9.59 Å². The summed E-state index contributed by atoms with van der Waals surface area (Å²) in [5.74, 6) is 1.02. The topological polar surface area (TPSA) is 82.9 Å². The summed E-state index contributed by atoms with van der Waals surface area (Å²) in [6, 6.07) is 16.6. The van der Waals surface area contributed by atoms with E-state index < -0.39 is 6.10 Å². The number of para-hydroxylation sites is 2. The molecule has 1 atom stereocenters. The van der Waals surface area contributed by atoms with Gasteiger partial charge in [-0.3, -0.25) is 9.59 Å². The van der Waals surface area contributed by atoms with E-state index in [-0.39, 0.29) is 37.7 Å². The molecule has 0 radical (unpaired) electrons. The molecule has 0 fully saturated rings. The molecule has 156 valence electrons. The van der Waals surface area contributed by atoms with Crippen molar-refractivity contribution in [2.75, 3.05) is 29.5 Å². The summed E-state index contributed by atoms with van der Waals surface area (Å²) in [5.41, 5.74) is 1.36. The maximum atomic E-state index is 13.0. The molecule has 2 aromatic carbocycles. The predicted molar refractivity (Wildman–Crippen MR) is 114 cm³/mol. The van der Waals surface area contributed by atoms with Crippen molar-refractivity contribution in [1.82, 2.24) is 0 Å². The van der Waals surface area contributed by atoms with Crippen molar-refractivity contribution in [2.45, 2.75) is 32.8 Å². The SMILES string of the molecule is CCOc1ccc(N(CCC#N)C(=O)CCN2C(=O)C(C)Oc3ccccc32)cc1. The number of nitriles is 1. The third-order valence-electron chi connectivity index (χ3n) is 4.83. The molecule has 1 aliphatic heterocycles. The lowest BCUT2D eigenvalue weighted by molar-refractivity contribution is -0.125. The van der Waals surface area contributed by atoms with Gasteiger partial charge in [0.1, 0.15) is 11.5 Å².